The van der Waals surface area contributed by atoms with Gasteiger partial charge in [-0.2, -0.15) is 4.98 Å². The maximum absolute atomic E-state index is 12.9. The molecule has 2 aliphatic rings. The van der Waals surface area contributed by atoms with Gasteiger partial charge in [-0.3, -0.25) is 14.3 Å². The van der Waals surface area contributed by atoms with Crippen LogP contribution in [0.3, 0.4) is 0 Å². The van der Waals surface area contributed by atoms with E-state index in [1.807, 2.05) is 35.1 Å². The third kappa shape index (κ3) is 12.6. The maximum Gasteiger partial charge on any atom is 0.330 e. The first-order valence-electron chi connectivity index (χ1n) is 19.5. The quantitative estimate of drug-likeness (QED) is 0.0602. The number of esters is 1. The molecule has 296 valence electrons. The monoisotopic (exact) mass is 750 g/mol. The lowest BCUT2D eigenvalue weighted by molar-refractivity contribution is -0.146. The van der Waals surface area contributed by atoms with Crippen molar-refractivity contribution < 1.29 is 24.2 Å². The Labute approximate surface area is 316 Å². The van der Waals surface area contributed by atoms with Gasteiger partial charge in [0.15, 0.2) is 6.04 Å². The Morgan fingerprint density at radius 2 is 1.78 bits per heavy atom. The third-order valence-corrected chi connectivity index (χ3v) is 10.1. The van der Waals surface area contributed by atoms with Crippen molar-refractivity contribution in [3.8, 4) is 0 Å². The third-order valence-electron chi connectivity index (χ3n) is 10.1. The minimum atomic E-state index is -1.20. The van der Waals surface area contributed by atoms with E-state index in [2.05, 4.69) is 41.6 Å². The number of ether oxygens (including phenoxy) is 1. The largest absolute Gasteiger partial charge is 0.467 e. The van der Waals surface area contributed by atoms with Crippen molar-refractivity contribution in [2.24, 2.45) is 5.73 Å². The van der Waals surface area contributed by atoms with Crippen molar-refractivity contribution in [2.45, 2.75) is 108 Å². The fraction of sp³-hybridized carbons (Fsp3) is 0.649. The van der Waals surface area contributed by atoms with Crippen LogP contribution in [-0.4, -0.2) is 123 Å². The zero-order valence-corrected chi connectivity index (χ0v) is 31.5. The number of nitrogens with zero attached hydrogens (tertiary/aromatic N) is 6. The highest BCUT2D eigenvalue weighted by molar-refractivity contribution is 5.90. The molecule has 0 radical (unpaired) electrons. The van der Waals surface area contributed by atoms with E-state index in [9.17, 15) is 19.5 Å². The zero-order valence-electron chi connectivity index (χ0n) is 31.5. The molecule has 2 fully saturated rings. The first-order chi connectivity index (χ1) is 26.3. The fourth-order valence-corrected chi connectivity index (χ4v) is 6.92. The number of aromatic nitrogens is 5. The van der Waals surface area contributed by atoms with Gasteiger partial charge in [-0.05, 0) is 76.7 Å². The van der Waals surface area contributed by atoms with E-state index < -0.39 is 30.6 Å². The summed E-state index contributed by atoms with van der Waals surface area (Å²) in [5, 5.41) is 35.4. The van der Waals surface area contributed by atoms with E-state index in [0.717, 1.165) is 74.6 Å². The van der Waals surface area contributed by atoms with Gasteiger partial charge >= 0.3 is 5.97 Å². The predicted molar refractivity (Wildman–Crippen MR) is 205 cm³/mol. The number of carbonyl (C=O) groups is 3. The van der Waals surface area contributed by atoms with Crippen LogP contribution in [0, 0.1) is 0 Å². The second-order valence-corrected chi connectivity index (χ2v) is 14.2. The number of aliphatic hydroxyl groups excluding tert-OH is 1. The number of carbonyl (C=O) groups excluding carboxylic acids is 3. The minimum absolute atomic E-state index is 0.0869. The first kappa shape index (κ1) is 40.7. The molecule has 2 amide bonds. The molecule has 2 atom stereocenters. The number of piperidine rings is 1. The van der Waals surface area contributed by atoms with Gasteiger partial charge in [0, 0.05) is 43.5 Å². The average molecular weight is 751 g/mol. The molecule has 0 bridgehead atoms. The Morgan fingerprint density at radius 1 is 1.00 bits per heavy atom. The highest BCUT2D eigenvalue weighted by atomic mass is 16.5. The van der Waals surface area contributed by atoms with Crippen LogP contribution in [0.25, 0.3) is 10.9 Å². The molecule has 17 heteroatoms. The normalized spacial score (nSPS) is 16.5. The Balaban J connectivity index is 1.02. The van der Waals surface area contributed by atoms with E-state index >= 15 is 0 Å². The van der Waals surface area contributed by atoms with Crippen LogP contribution in [-0.2, 0) is 32.2 Å². The van der Waals surface area contributed by atoms with Gasteiger partial charge in [-0.1, -0.05) is 36.6 Å². The van der Waals surface area contributed by atoms with Crippen molar-refractivity contribution >= 4 is 40.5 Å². The zero-order chi connectivity index (χ0) is 38.1. The second kappa shape index (κ2) is 21.4. The number of nitrogens with one attached hydrogen (secondary N) is 5. The molecule has 1 unspecified atom stereocenters. The summed E-state index contributed by atoms with van der Waals surface area (Å²) >= 11 is 0. The van der Waals surface area contributed by atoms with E-state index in [1.165, 1.54) is 32.1 Å². The number of nitrogens with two attached hydrogens (primary N) is 1. The summed E-state index contributed by atoms with van der Waals surface area (Å²) in [7, 11) is 1.16. The molecule has 0 spiro atoms. The summed E-state index contributed by atoms with van der Waals surface area (Å²) in [5.41, 5.74) is 7.57. The number of hydrogen-bond donors (Lipinski definition) is 7. The minimum Gasteiger partial charge on any atom is -0.467 e. The molecular weight excluding hydrogens is 692 g/mol. The van der Waals surface area contributed by atoms with Gasteiger partial charge < -0.3 is 47.1 Å². The highest BCUT2D eigenvalue weighted by Gasteiger charge is 2.27. The number of benzene rings is 1. The number of para-hydroxylation sites is 1. The van der Waals surface area contributed by atoms with E-state index in [0.29, 0.717) is 38.4 Å². The van der Waals surface area contributed by atoms with E-state index in [-0.39, 0.29) is 24.8 Å². The molecule has 1 aliphatic heterocycles. The number of anilines is 2. The van der Waals surface area contributed by atoms with Gasteiger partial charge in [-0.15, -0.1) is 5.10 Å². The van der Waals surface area contributed by atoms with Crippen LogP contribution >= 0.6 is 0 Å². The number of hydrogen-bond acceptors (Lipinski definition) is 14. The van der Waals surface area contributed by atoms with Crippen molar-refractivity contribution in [2.75, 3.05) is 57.1 Å². The lowest BCUT2D eigenvalue weighted by Gasteiger charge is -2.33. The first-order valence-corrected chi connectivity index (χ1v) is 19.5. The van der Waals surface area contributed by atoms with E-state index in [1.54, 1.807) is 4.90 Å². The second-order valence-electron chi connectivity index (χ2n) is 14.2. The van der Waals surface area contributed by atoms with Gasteiger partial charge in [-0.25, -0.2) is 9.78 Å². The number of likely N-dealkylation sites (tertiary alicyclic amines) is 1. The lowest BCUT2D eigenvalue weighted by atomic mass is 9.95. The van der Waals surface area contributed by atoms with Crippen LogP contribution in [0.15, 0.2) is 30.5 Å². The van der Waals surface area contributed by atoms with Gasteiger partial charge in [0.05, 0.1) is 38.0 Å². The molecule has 2 aromatic heterocycles. The van der Waals surface area contributed by atoms with Crippen LogP contribution in [0.5, 0.6) is 0 Å². The summed E-state index contributed by atoms with van der Waals surface area (Å²) < 4.78 is 6.43. The van der Waals surface area contributed by atoms with Crippen LogP contribution in [0.2, 0.25) is 0 Å². The molecule has 1 saturated carbocycles. The molecule has 5 rings (SSSR count). The number of rotatable bonds is 21. The van der Waals surface area contributed by atoms with Crippen molar-refractivity contribution in [1.29, 1.82) is 0 Å². The Kier molecular flexibility index (Phi) is 16.2. The maximum atomic E-state index is 12.9. The van der Waals surface area contributed by atoms with Crippen molar-refractivity contribution in [3.05, 3.63) is 36.2 Å². The summed E-state index contributed by atoms with van der Waals surface area (Å²) in [4.78, 5) is 48.3. The number of methoxy groups -OCH3 is 1. The summed E-state index contributed by atoms with van der Waals surface area (Å²) in [6.45, 7) is 4.74. The van der Waals surface area contributed by atoms with Crippen molar-refractivity contribution in [3.63, 3.8) is 0 Å². The highest BCUT2D eigenvalue weighted by Crippen LogP contribution is 2.25. The molecule has 8 N–H and O–H groups in total. The average Bonchev–Trinajstić information content (AvgIpc) is 3.67. The molecule has 1 aliphatic carbocycles. The number of amides is 2. The topological polar surface area (TPSA) is 227 Å². The van der Waals surface area contributed by atoms with Crippen LogP contribution < -0.4 is 32.3 Å². The predicted octanol–water partition coefficient (Wildman–Crippen LogP) is 1.29. The van der Waals surface area contributed by atoms with Gasteiger partial charge in [0.1, 0.15) is 11.5 Å². The van der Waals surface area contributed by atoms with E-state index in [4.69, 9.17) is 15.7 Å². The lowest BCUT2D eigenvalue weighted by Crippen LogP contribution is -2.50. The molecule has 3 heterocycles. The standard InChI is InChI=1S/C37H58N12O5/c1-54-36(53)32(25-50)43-35(52)30(38)13-14-33(51)48-21-15-27(16-22-48)42-34-29-11-5-6-12-31(29)44-37(45-34)41-23-28-24-49(47-46-28)20-8-18-39-17-7-19-40-26-9-3-2-4-10-26/h5-6,11-12,24,26-27,30,32,39-40,50H,2-4,7-10,13-23,25,38H2,1H3,(H,43,52)(H2,41,42,44,45)/t30-,32?/m0/s1. The van der Waals surface area contributed by atoms with Crippen LogP contribution in [0.1, 0.15) is 76.3 Å². The number of aryl methyl sites for hydroxylation is 1. The summed E-state index contributed by atoms with van der Waals surface area (Å²) in [6.07, 6.45) is 12.5. The molecule has 3 aromatic rings. The molecule has 54 heavy (non-hydrogen) atoms. The molecule has 1 saturated heterocycles. The van der Waals surface area contributed by atoms with Gasteiger partial charge in [0.2, 0.25) is 17.8 Å². The SMILES string of the molecule is COC(=O)C(CO)NC(=O)[C@@H](N)CCC(=O)N1CCC(Nc2nc(NCc3cn(CCCNCCCNC4CCCCC4)nn3)nc3ccccc23)CC1. The number of aliphatic hydroxyl groups is 1. The number of fused-ring (bicyclic) bond motifs is 1. The van der Waals surface area contributed by atoms with Crippen LogP contribution in [0.4, 0.5) is 11.8 Å². The Hall–Kier alpha value is -4.45. The molecule has 17 nitrogen and oxygen atoms in total. The summed E-state index contributed by atoms with van der Waals surface area (Å²) in [5.74, 6) is -0.290. The van der Waals surface area contributed by atoms with Crippen molar-refractivity contribution in [1.82, 2.24) is 45.8 Å². The fourth-order valence-electron chi connectivity index (χ4n) is 6.92. The molecular formula is C37H58N12O5. The smallest absolute Gasteiger partial charge is 0.330 e. The molecule has 1 aromatic carbocycles. The Morgan fingerprint density at radius 3 is 2.56 bits per heavy atom. The van der Waals surface area contributed by atoms with Gasteiger partial charge in [0.25, 0.3) is 0 Å². The summed E-state index contributed by atoms with van der Waals surface area (Å²) in [6, 6.07) is 6.45. The Bertz CT molecular complexity index is 1630.